The Morgan fingerprint density at radius 2 is 1.48 bits per heavy atom. The highest BCUT2D eigenvalue weighted by molar-refractivity contribution is 6.45. The maximum atomic E-state index is 13.5. The molecule has 0 aromatic heterocycles. The number of hydrogen-bond acceptors (Lipinski definition) is 4. The highest BCUT2D eigenvalue weighted by atomic mass is 16.7. The fourth-order valence-electron chi connectivity index (χ4n) is 4.84. The molecule has 2 fully saturated rings. The molecule has 1 unspecified atom stereocenters. The molecule has 0 spiro atoms. The molecule has 0 bridgehead atoms. The van der Waals surface area contributed by atoms with Gasteiger partial charge < -0.3 is 19.9 Å². The second-order valence-electron chi connectivity index (χ2n) is 13.4. The minimum absolute atomic E-state index is 0.0506. The highest BCUT2D eigenvalue weighted by Crippen LogP contribution is 2.46. The molecule has 6 heteroatoms. The molecular formula is C25H49BN2O3. The van der Waals surface area contributed by atoms with Crippen molar-refractivity contribution in [1.82, 2.24) is 10.6 Å². The number of amides is 1. The lowest BCUT2D eigenvalue weighted by atomic mass is 9.61. The predicted octanol–water partition coefficient (Wildman–Crippen LogP) is 5.19. The van der Waals surface area contributed by atoms with E-state index in [-0.39, 0.29) is 40.7 Å². The number of carbonyl (C=O) groups excluding carboxylic acids is 1. The van der Waals surface area contributed by atoms with Crippen molar-refractivity contribution in [2.24, 2.45) is 17.3 Å². The molecular weight excluding hydrogens is 387 g/mol. The molecule has 2 rings (SSSR count). The van der Waals surface area contributed by atoms with Gasteiger partial charge in [0, 0.05) is 11.1 Å². The van der Waals surface area contributed by atoms with Crippen LogP contribution in [0.5, 0.6) is 0 Å². The van der Waals surface area contributed by atoms with Gasteiger partial charge in [-0.1, -0.05) is 19.8 Å². The Morgan fingerprint density at radius 1 is 0.935 bits per heavy atom. The lowest BCUT2D eigenvalue weighted by Gasteiger charge is -2.45. The van der Waals surface area contributed by atoms with Gasteiger partial charge in [-0.25, -0.2) is 0 Å². The van der Waals surface area contributed by atoms with Gasteiger partial charge in [0.15, 0.2) is 0 Å². The second kappa shape index (κ2) is 8.98. The topological polar surface area (TPSA) is 59.6 Å². The molecule has 2 N–H and O–H groups in total. The number of rotatable bonds is 6. The Morgan fingerprint density at radius 3 is 1.97 bits per heavy atom. The van der Waals surface area contributed by atoms with E-state index in [4.69, 9.17) is 9.31 Å². The van der Waals surface area contributed by atoms with Crippen molar-refractivity contribution in [2.45, 2.75) is 130 Å². The molecule has 31 heavy (non-hydrogen) atoms. The first-order valence-electron chi connectivity index (χ1n) is 12.3. The quantitative estimate of drug-likeness (QED) is 0.563. The van der Waals surface area contributed by atoms with Crippen LogP contribution in [-0.4, -0.2) is 41.9 Å². The van der Waals surface area contributed by atoms with E-state index in [1.54, 1.807) is 0 Å². The number of hydrogen-bond donors (Lipinski definition) is 2. The summed E-state index contributed by atoms with van der Waals surface area (Å²) < 4.78 is 12.4. The molecule has 2 aliphatic rings. The van der Waals surface area contributed by atoms with Gasteiger partial charge in [-0.3, -0.25) is 4.79 Å². The lowest BCUT2D eigenvalue weighted by Crippen LogP contribution is -2.55. The van der Waals surface area contributed by atoms with Gasteiger partial charge in [0.1, 0.15) is 0 Å². The van der Waals surface area contributed by atoms with Crippen molar-refractivity contribution in [3.8, 4) is 0 Å². The van der Waals surface area contributed by atoms with Gasteiger partial charge in [0.2, 0.25) is 5.91 Å². The first kappa shape index (κ1) is 26.7. The molecule has 0 aromatic carbocycles. The zero-order valence-electron chi connectivity index (χ0n) is 22.2. The Kier molecular flexibility index (Phi) is 7.73. The van der Waals surface area contributed by atoms with Crippen molar-refractivity contribution in [2.75, 3.05) is 6.54 Å². The van der Waals surface area contributed by atoms with Gasteiger partial charge in [-0.15, -0.1) is 0 Å². The normalized spacial score (nSPS) is 31.0. The van der Waals surface area contributed by atoms with E-state index in [1.165, 1.54) is 0 Å². The summed E-state index contributed by atoms with van der Waals surface area (Å²) in [5.74, 6) is 1.05. The van der Waals surface area contributed by atoms with E-state index in [2.05, 4.69) is 86.8 Å². The van der Waals surface area contributed by atoms with Crippen LogP contribution in [0.4, 0.5) is 0 Å². The fraction of sp³-hybridized carbons (Fsp3) is 0.960. The van der Waals surface area contributed by atoms with Crippen LogP contribution in [0.15, 0.2) is 0 Å². The Hall–Kier alpha value is -0.585. The second-order valence-corrected chi connectivity index (χ2v) is 13.4. The van der Waals surface area contributed by atoms with Gasteiger partial charge in [0.05, 0.1) is 16.6 Å². The molecule has 0 radical (unpaired) electrons. The van der Waals surface area contributed by atoms with Crippen LogP contribution in [-0.2, 0) is 14.1 Å². The Bertz CT molecular complexity index is 620. The summed E-state index contributed by atoms with van der Waals surface area (Å²) >= 11 is 0. The van der Waals surface area contributed by atoms with Crippen LogP contribution < -0.4 is 10.6 Å². The van der Waals surface area contributed by atoms with Crippen molar-refractivity contribution >= 4 is 13.0 Å². The van der Waals surface area contributed by atoms with Crippen LogP contribution in [0, 0.1) is 17.3 Å². The van der Waals surface area contributed by atoms with Crippen LogP contribution in [0.1, 0.15) is 102 Å². The SMILES string of the molecule is CC(C)(C)NCC1CC[C@@H](CCB2OC(C)(C)C(C)(C)O2)C[C@]1(C)C(=O)NC(C)(C)C. The maximum Gasteiger partial charge on any atom is 0.457 e. The van der Waals surface area contributed by atoms with Gasteiger partial charge in [0.25, 0.3) is 0 Å². The smallest absolute Gasteiger partial charge is 0.403 e. The average Bonchev–Trinajstić information content (AvgIpc) is 2.76. The number of nitrogens with one attached hydrogen (secondary N) is 2. The number of carbonyl (C=O) groups is 1. The summed E-state index contributed by atoms with van der Waals surface area (Å²) in [6.07, 6.45) is 5.08. The minimum Gasteiger partial charge on any atom is -0.403 e. The summed E-state index contributed by atoms with van der Waals surface area (Å²) in [6.45, 7) is 24.2. The van der Waals surface area contributed by atoms with Crippen molar-refractivity contribution in [3.63, 3.8) is 0 Å². The third-order valence-electron chi connectivity index (χ3n) is 7.54. The summed E-state index contributed by atoms with van der Waals surface area (Å²) in [5, 5.41) is 6.93. The van der Waals surface area contributed by atoms with E-state index < -0.39 is 0 Å². The zero-order chi connectivity index (χ0) is 23.9. The monoisotopic (exact) mass is 436 g/mol. The highest BCUT2D eigenvalue weighted by Gasteiger charge is 2.51. The van der Waals surface area contributed by atoms with E-state index in [9.17, 15) is 4.79 Å². The first-order valence-corrected chi connectivity index (χ1v) is 12.3. The van der Waals surface area contributed by atoms with Crippen LogP contribution >= 0.6 is 0 Å². The van der Waals surface area contributed by atoms with E-state index in [0.29, 0.717) is 11.8 Å². The Balaban J connectivity index is 2.06. The summed E-state index contributed by atoms with van der Waals surface area (Å²) in [5.41, 5.74) is -1.11. The lowest BCUT2D eigenvalue weighted by molar-refractivity contribution is -0.138. The van der Waals surface area contributed by atoms with E-state index in [1.807, 2.05) is 0 Å². The molecule has 1 heterocycles. The predicted molar refractivity (Wildman–Crippen MR) is 130 cm³/mol. The largest absolute Gasteiger partial charge is 0.457 e. The molecule has 180 valence electrons. The molecule has 5 nitrogen and oxygen atoms in total. The average molecular weight is 436 g/mol. The minimum atomic E-state index is -0.371. The van der Waals surface area contributed by atoms with Gasteiger partial charge in [-0.05, 0) is 107 Å². The summed E-state index contributed by atoms with van der Waals surface area (Å²) in [7, 11) is -0.153. The van der Waals surface area contributed by atoms with Crippen molar-refractivity contribution in [3.05, 3.63) is 0 Å². The van der Waals surface area contributed by atoms with E-state index >= 15 is 0 Å². The van der Waals surface area contributed by atoms with Crippen LogP contribution in [0.3, 0.4) is 0 Å². The summed E-state index contributed by atoms with van der Waals surface area (Å²) in [6, 6.07) is 0. The molecule has 1 saturated carbocycles. The van der Waals surface area contributed by atoms with Crippen LogP contribution in [0.25, 0.3) is 0 Å². The van der Waals surface area contributed by atoms with Crippen molar-refractivity contribution in [1.29, 1.82) is 0 Å². The molecule has 1 saturated heterocycles. The van der Waals surface area contributed by atoms with Gasteiger partial charge >= 0.3 is 7.12 Å². The molecule has 3 atom stereocenters. The van der Waals surface area contributed by atoms with Gasteiger partial charge in [-0.2, -0.15) is 0 Å². The Labute approximate surface area is 192 Å². The molecule has 0 aromatic rings. The third-order valence-corrected chi connectivity index (χ3v) is 7.54. The maximum absolute atomic E-state index is 13.5. The first-order chi connectivity index (χ1) is 13.8. The van der Waals surface area contributed by atoms with Crippen LogP contribution in [0.2, 0.25) is 6.32 Å². The third kappa shape index (κ3) is 6.95. The molecule has 1 amide bonds. The molecule has 1 aliphatic heterocycles. The standard InChI is InChI=1S/C25H49BN2O3/c1-21(2,3)27-17-19-13-12-18(16-25(19,11)20(29)28-22(4,5)6)14-15-26-30-23(7,8)24(9,10)31-26/h18-19,27H,12-17H2,1-11H3,(H,28,29)/t18-,19?,25-/m0/s1. The van der Waals surface area contributed by atoms with Crippen molar-refractivity contribution < 1.29 is 14.1 Å². The fourth-order valence-corrected chi connectivity index (χ4v) is 4.84. The zero-order valence-corrected chi connectivity index (χ0v) is 22.2. The molecule has 1 aliphatic carbocycles. The summed E-state index contributed by atoms with van der Waals surface area (Å²) in [4.78, 5) is 13.5. The van der Waals surface area contributed by atoms with E-state index in [0.717, 1.165) is 38.5 Å².